The van der Waals surface area contributed by atoms with Gasteiger partial charge in [-0.05, 0) is 25.3 Å². The highest BCUT2D eigenvalue weighted by atomic mass is 35.5. The molecule has 1 saturated carbocycles. The van der Waals surface area contributed by atoms with Gasteiger partial charge in [0.15, 0.2) is 0 Å². The lowest BCUT2D eigenvalue weighted by Crippen LogP contribution is -2.14. The van der Waals surface area contributed by atoms with Gasteiger partial charge >= 0.3 is 0 Å². The summed E-state index contributed by atoms with van der Waals surface area (Å²) in [5.41, 5.74) is 0. The van der Waals surface area contributed by atoms with Crippen molar-refractivity contribution in [1.29, 1.82) is 0 Å². The second-order valence-electron chi connectivity index (χ2n) is 3.42. The van der Waals surface area contributed by atoms with Crippen molar-refractivity contribution in [3.05, 3.63) is 12.2 Å². The smallest absolute Gasteiger partial charge is 0.0404 e. The van der Waals surface area contributed by atoms with Crippen LogP contribution >= 0.6 is 11.6 Å². The normalized spacial score (nSPS) is 17.4. The Morgan fingerprint density at radius 2 is 2.17 bits per heavy atom. The Balaban J connectivity index is 1.72. The molecule has 0 spiro atoms. The molecule has 0 atom stereocenters. The summed E-state index contributed by atoms with van der Waals surface area (Å²) in [6, 6.07) is 0. The monoisotopic (exact) mass is 187 g/mol. The van der Waals surface area contributed by atoms with Gasteiger partial charge in [-0.2, -0.15) is 0 Å². The van der Waals surface area contributed by atoms with Gasteiger partial charge in [-0.1, -0.05) is 25.0 Å². The number of hydrogen-bond acceptors (Lipinski definition) is 1. The van der Waals surface area contributed by atoms with Crippen LogP contribution in [0.25, 0.3) is 0 Å². The minimum atomic E-state index is 0.629. The Morgan fingerprint density at radius 1 is 1.33 bits per heavy atom. The van der Waals surface area contributed by atoms with Crippen molar-refractivity contribution in [2.45, 2.75) is 25.7 Å². The van der Waals surface area contributed by atoms with Crippen LogP contribution in [0.2, 0.25) is 0 Å². The van der Waals surface area contributed by atoms with Crippen LogP contribution in [0.15, 0.2) is 12.2 Å². The summed E-state index contributed by atoms with van der Waals surface area (Å²) in [4.78, 5) is 0. The average molecular weight is 188 g/mol. The summed E-state index contributed by atoms with van der Waals surface area (Å²) >= 11 is 5.48. The van der Waals surface area contributed by atoms with Gasteiger partial charge in [0.05, 0.1) is 0 Å². The SMILES string of the molecule is ClC/C=C/CNCCCC1CC1. The minimum absolute atomic E-state index is 0.629. The van der Waals surface area contributed by atoms with Crippen LogP contribution in [0.4, 0.5) is 0 Å². The lowest BCUT2D eigenvalue weighted by atomic mass is 10.2. The van der Waals surface area contributed by atoms with Gasteiger partial charge in [0.25, 0.3) is 0 Å². The highest BCUT2D eigenvalue weighted by molar-refractivity contribution is 6.18. The van der Waals surface area contributed by atoms with Crippen molar-refractivity contribution in [2.24, 2.45) is 5.92 Å². The zero-order valence-corrected chi connectivity index (χ0v) is 8.32. The van der Waals surface area contributed by atoms with Crippen LogP contribution in [-0.2, 0) is 0 Å². The predicted octanol–water partition coefficient (Wildman–Crippen LogP) is 2.56. The lowest BCUT2D eigenvalue weighted by molar-refractivity contribution is 0.616. The van der Waals surface area contributed by atoms with E-state index < -0.39 is 0 Å². The molecule has 1 N–H and O–H groups in total. The van der Waals surface area contributed by atoms with Crippen molar-refractivity contribution in [3.8, 4) is 0 Å². The molecule has 0 amide bonds. The largest absolute Gasteiger partial charge is 0.313 e. The van der Waals surface area contributed by atoms with Crippen LogP contribution in [0, 0.1) is 5.92 Å². The molecular formula is C10H18ClN. The molecule has 1 nitrogen and oxygen atoms in total. The fourth-order valence-corrected chi connectivity index (χ4v) is 1.38. The molecule has 0 saturated heterocycles. The molecule has 0 aliphatic heterocycles. The number of allylic oxidation sites excluding steroid dienone is 1. The fourth-order valence-electron chi connectivity index (χ4n) is 1.25. The molecule has 0 aromatic heterocycles. The predicted molar refractivity (Wildman–Crippen MR) is 54.7 cm³/mol. The molecular weight excluding hydrogens is 170 g/mol. The van der Waals surface area contributed by atoms with Crippen LogP contribution in [0.1, 0.15) is 25.7 Å². The molecule has 12 heavy (non-hydrogen) atoms. The quantitative estimate of drug-likeness (QED) is 0.367. The van der Waals surface area contributed by atoms with Crippen LogP contribution in [0.3, 0.4) is 0 Å². The van der Waals surface area contributed by atoms with Gasteiger partial charge in [0.1, 0.15) is 0 Å². The molecule has 0 aromatic carbocycles. The average Bonchev–Trinajstić information content (AvgIpc) is 2.87. The highest BCUT2D eigenvalue weighted by Crippen LogP contribution is 2.33. The molecule has 0 heterocycles. The van der Waals surface area contributed by atoms with Crippen molar-refractivity contribution < 1.29 is 0 Å². The zero-order chi connectivity index (χ0) is 8.65. The molecule has 2 heteroatoms. The van der Waals surface area contributed by atoms with E-state index in [2.05, 4.69) is 11.4 Å². The van der Waals surface area contributed by atoms with E-state index in [9.17, 15) is 0 Å². The van der Waals surface area contributed by atoms with Crippen LogP contribution < -0.4 is 5.32 Å². The minimum Gasteiger partial charge on any atom is -0.313 e. The molecule has 0 bridgehead atoms. The van der Waals surface area contributed by atoms with Gasteiger partial charge in [-0.15, -0.1) is 11.6 Å². The van der Waals surface area contributed by atoms with E-state index in [-0.39, 0.29) is 0 Å². The van der Waals surface area contributed by atoms with Gasteiger partial charge in [-0.25, -0.2) is 0 Å². The Hall–Kier alpha value is -0.0100. The van der Waals surface area contributed by atoms with Gasteiger partial charge in [0, 0.05) is 12.4 Å². The molecule has 1 fully saturated rings. The third kappa shape index (κ3) is 5.62. The maximum Gasteiger partial charge on any atom is 0.0404 e. The number of rotatable bonds is 7. The Kier molecular flexibility index (Phi) is 5.46. The van der Waals surface area contributed by atoms with E-state index in [1.807, 2.05) is 6.08 Å². The highest BCUT2D eigenvalue weighted by Gasteiger charge is 2.19. The number of halogens is 1. The zero-order valence-electron chi connectivity index (χ0n) is 7.56. The second kappa shape index (κ2) is 6.50. The van der Waals surface area contributed by atoms with Crippen molar-refractivity contribution >= 4 is 11.6 Å². The van der Waals surface area contributed by atoms with E-state index in [0.717, 1.165) is 19.0 Å². The molecule has 1 rings (SSSR count). The van der Waals surface area contributed by atoms with Crippen LogP contribution in [0.5, 0.6) is 0 Å². The van der Waals surface area contributed by atoms with E-state index in [4.69, 9.17) is 11.6 Å². The topological polar surface area (TPSA) is 12.0 Å². The van der Waals surface area contributed by atoms with Crippen LogP contribution in [-0.4, -0.2) is 19.0 Å². The molecule has 1 aliphatic rings. The summed E-state index contributed by atoms with van der Waals surface area (Å²) in [7, 11) is 0. The van der Waals surface area contributed by atoms with Gasteiger partial charge in [0.2, 0.25) is 0 Å². The molecule has 70 valence electrons. The standard InChI is InChI=1S/C10H18ClN/c11-7-1-2-8-12-9-3-4-10-5-6-10/h1-2,10,12H,3-9H2/b2-1+. The summed E-state index contributed by atoms with van der Waals surface area (Å²) < 4.78 is 0. The van der Waals surface area contributed by atoms with Crippen molar-refractivity contribution in [3.63, 3.8) is 0 Å². The van der Waals surface area contributed by atoms with Gasteiger partial charge < -0.3 is 5.32 Å². The van der Waals surface area contributed by atoms with Crippen molar-refractivity contribution in [2.75, 3.05) is 19.0 Å². The third-order valence-electron chi connectivity index (χ3n) is 2.18. The van der Waals surface area contributed by atoms with E-state index in [1.54, 1.807) is 0 Å². The number of hydrogen-bond donors (Lipinski definition) is 1. The van der Waals surface area contributed by atoms with E-state index >= 15 is 0 Å². The summed E-state index contributed by atoms with van der Waals surface area (Å²) in [5.74, 6) is 1.70. The fraction of sp³-hybridized carbons (Fsp3) is 0.800. The Labute approximate surface area is 80.2 Å². The maximum absolute atomic E-state index is 5.48. The Bertz CT molecular complexity index is 130. The molecule has 0 aromatic rings. The lowest BCUT2D eigenvalue weighted by Gasteiger charge is -1.99. The van der Waals surface area contributed by atoms with Gasteiger partial charge in [-0.3, -0.25) is 0 Å². The second-order valence-corrected chi connectivity index (χ2v) is 3.72. The summed E-state index contributed by atoms with van der Waals surface area (Å²) in [5, 5.41) is 3.36. The Morgan fingerprint density at radius 3 is 2.83 bits per heavy atom. The first-order chi connectivity index (χ1) is 5.93. The molecule has 1 aliphatic carbocycles. The van der Waals surface area contributed by atoms with E-state index in [0.29, 0.717) is 5.88 Å². The molecule has 0 radical (unpaired) electrons. The number of alkyl halides is 1. The first-order valence-corrected chi connectivity index (χ1v) is 5.38. The first-order valence-electron chi connectivity index (χ1n) is 4.85. The number of nitrogens with one attached hydrogen (secondary N) is 1. The van der Waals surface area contributed by atoms with Crippen molar-refractivity contribution in [1.82, 2.24) is 5.32 Å². The molecule has 0 unspecified atom stereocenters. The summed E-state index contributed by atoms with van der Waals surface area (Å²) in [6.45, 7) is 2.13. The maximum atomic E-state index is 5.48. The third-order valence-corrected chi connectivity index (χ3v) is 2.36. The first kappa shape index (κ1) is 10.1. The summed E-state index contributed by atoms with van der Waals surface area (Å²) in [6.07, 6.45) is 9.78. The van der Waals surface area contributed by atoms with E-state index in [1.165, 1.54) is 25.7 Å².